The summed E-state index contributed by atoms with van der Waals surface area (Å²) < 4.78 is 2.09. The second-order valence-electron chi connectivity index (χ2n) is 6.56. The highest BCUT2D eigenvalue weighted by Gasteiger charge is 2.25. The standard InChI is InChI=1S/C17H24N4OS2/c1-4-21-16(14-6-5-7-23-14)18-19-17(21)24-11-15(22)20-9-12(2)8-13(3)10-20/h5-7,12-13H,4,8-11H2,1-3H3/t12-,13+. The third-order valence-electron chi connectivity index (χ3n) is 4.32. The lowest BCUT2D eigenvalue weighted by atomic mass is 9.92. The lowest BCUT2D eigenvalue weighted by Gasteiger charge is -2.34. The minimum absolute atomic E-state index is 0.210. The van der Waals surface area contributed by atoms with Crippen molar-refractivity contribution >= 4 is 29.0 Å². The smallest absolute Gasteiger partial charge is 0.233 e. The average molecular weight is 365 g/mol. The van der Waals surface area contributed by atoms with E-state index in [-0.39, 0.29) is 5.91 Å². The van der Waals surface area contributed by atoms with E-state index < -0.39 is 0 Å². The minimum Gasteiger partial charge on any atom is -0.341 e. The van der Waals surface area contributed by atoms with Gasteiger partial charge >= 0.3 is 0 Å². The number of thiophene rings is 1. The van der Waals surface area contributed by atoms with Gasteiger partial charge in [-0.25, -0.2) is 0 Å². The Kier molecular flexibility index (Phi) is 5.61. The molecule has 2 aromatic heterocycles. The van der Waals surface area contributed by atoms with Crippen molar-refractivity contribution in [1.29, 1.82) is 0 Å². The van der Waals surface area contributed by atoms with Crippen LogP contribution < -0.4 is 0 Å². The van der Waals surface area contributed by atoms with Gasteiger partial charge in [0, 0.05) is 19.6 Å². The molecule has 2 atom stereocenters. The van der Waals surface area contributed by atoms with Crippen LogP contribution in [0, 0.1) is 11.8 Å². The largest absolute Gasteiger partial charge is 0.341 e. The second-order valence-corrected chi connectivity index (χ2v) is 8.45. The first-order valence-electron chi connectivity index (χ1n) is 8.46. The SMILES string of the molecule is CCn1c(SCC(=O)N2C[C@H](C)C[C@H](C)C2)nnc1-c1cccs1. The molecule has 3 rings (SSSR count). The molecular weight excluding hydrogens is 340 g/mol. The van der Waals surface area contributed by atoms with Gasteiger partial charge in [-0.05, 0) is 36.6 Å². The maximum atomic E-state index is 12.5. The van der Waals surface area contributed by atoms with E-state index in [2.05, 4.69) is 41.6 Å². The van der Waals surface area contributed by atoms with Crippen LogP contribution in [-0.4, -0.2) is 44.4 Å². The van der Waals surface area contributed by atoms with Gasteiger partial charge in [0.2, 0.25) is 5.91 Å². The van der Waals surface area contributed by atoms with Gasteiger partial charge in [-0.1, -0.05) is 31.7 Å². The van der Waals surface area contributed by atoms with Gasteiger partial charge in [0.05, 0.1) is 10.6 Å². The Labute approximate surface area is 151 Å². The van der Waals surface area contributed by atoms with Crippen LogP contribution in [0.15, 0.2) is 22.7 Å². The van der Waals surface area contributed by atoms with Crippen molar-refractivity contribution < 1.29 is 4.79 Å². The number of carbonyl (C=O) groups is 1. The molecular formula is C17H24N4OS2. The van der Waals surface area contributed by atoms with Crippen molar-refractivity contribution in [2.45, 2.75) is 38.9 Å². The van der Waals surface area contributed by atoms with Crippen LogP contribution in [0.1, 0.15) is 27.2 Å². The molecule has 0 bridgehead atoms. The summed E-state index contributed by atoms with van der Waals surface area (Å²) in [5, 5.41) is 11.5. The summed E-state index contributed by atoms with van der Waals surface area (Å²) in [5.41, 5.74) is 0. The van der Waals surface area contributed by atoms with E-state index in [0.717, 1.165) is 35.5 Å². The molecule has 0 aromatic carbocycles. The summed E-state index contributed by atoms with van der Waals surface area (Å²) >= 11 is 3.16. The lowest BCUT2D eigenvalue weighted by Crippen LogP contribution is -2.43. The van der Waals surface area contributed by atoms with Crippen molar-refractivity contribution in [2.24, 2.45) is 11.8 Å². The molecule has 5 nitrogen and oxygen atoms in total. The number of thioether (sulfide) groups is 1. The maximum Gasteiger partial charge on any atom is 0.233 e. The predicted molar refractivity (Wildman–Crippen MR) is 99.3 cm³/mol. The molecule has 0 aliphatic carbocycles. The number of piperidine rings is 1. The van der Waals surface area contributed by atoms with E-state index in [4.69, 9.17) is 0 Å². The summed E-state index contributed by atoms with van der Waals surface area (Å²) in [6, 6.07) is 4.07. The molecule has 3 heterocycles. The molecule has 1 aliphatic rings. The van der Waals surface area contributed by atoms with Gasteiger partial charge < -0.3 is 9.47 Å². The molecule has 0 radical (unpaired) electrons. The van der Waals surface area contributed by atoms with Gasteiger partial charge in [-0.15, -0.1) is 21.5 Å². The zero-order valence-electron chi connectivity index (χ0n) is 14.4. The molecule has 0 saturated carbocycles. The molecule has 0 unspecified atom stereocenters. The predicted octanol–water partition coefficient (Wildman–Crippen LogP) is 3.62. The molecule has 1 amide bonds. The molecule has 1 fully saturated rings. The highest BCUT2D eigenvalue weighted by Crippen LogP contribution is 2.28. The van der Waals surface area contributed by atoms with E-state index in [1.807, 2.05) is 16.3 Å². The summed E-state index contributed by atoms with van der Waals surface area (Å²) in [6.45, 7) is 9.10. The van der Waals surface area contributed by atoms with Gasteiger partial charge in [-0.3, -0.25) is 4.79 Å². The Balaban J connectivity index is 1.65. The molecule has 0 spiro atoms. The van der Waals surface area contributed by atoms with E-state index in [1.165, 1.54) is 18.2 Å². The fourth-order valence-corrected chi connectivity index (χ4v) is 4.98. The molecule has 130 valence electrons. The lowest BCUT2D eigenvalue weighted by molar-refractivity contribution is -0.130. The summed E-state index contributed by atoms with van der Waals surface area (Å²) in [7, 11) is 0. The van der Waals surface area contributed by atoms with E-state index in [9.17, 15) is 4.79 Å². The molecule has 24 heavy (non-hydrogen) atoms. The number of amides is 1. The number of hydrogen-bond donors (Lipinski definition) is 0. The first-order chi connectivity index (χ1) is 11.6. The van der Waals surface area contributed by atoms with Crippen LogP contribution in [0.4, 0.5) is 0 Å². The summed E-state index contributed by atoms with van der Waals surface area (Å²) in [4.78, 5) is 15.7. The Hall–Kier alpha value is -1.34. The van der Waals surface area contributed by atoms with Gasteiger partial charge in [0.1, 0.15) is 0 Å². The third kappa shape index (κ3) is 3.83. The number of nitrogens with zero attached hydrogens (tertiary/aromatic N) is 4. The van der Waals surface area contributed by atoms with Gasteiger partial charge in [0.25, 0.3) is 0 Å². The Morgan fingerprint density at radius 3 is 2.71 bits per heavy atom. The van der Waals surface area contributed by atoms with Crippen LogP contribution >= 0.6 is 23.1 Å². The van der Waals surface area contributed by atoms with Gasteiger partial charge in [0.15, 0.2) is 11.0 Å². The van der Waals surface area contributed by atoms with Crippen molar-refractivity contribution in [1.82, 2.24) is 19.7 Å². The van der Waals surface area contributed by atoms with Gasteiger partial charge in [-0.2, -0.15) is 0 Å². The molecule has 1 aliphatic heterocycles. The highest BCUT2D eigenvalue weighted by molar-refractivity contribution is 7.99. The van der Waals surface area contributed by atoms with Crippen LogP contribution in [0.25, 0.3) is 10.7 Å². The molecule has 1 saturated heterocycles. The summed E-state index contributed by atoms with van der Waals surface area (Å²) in [5.74, 6) is 2.71. The zero-order chi connectivity index (χ0) is 17.1. The van der Waals surface area contributed by atoms with Crippen molar-refractivity contribution in [2.75, 3.05) is 18.8 Å². The number of likely N-dealkylation sites (tertiary alicyclic amines) is 1. The topological polar surface area (TPSA) is 51.0 Å². The van der Waals surface area contributed by atoms with Crippen molar-refractivity contribution in [3.63, 3.8) is 0 Å². The quantitative estimate of drug-likeness (QED) is 0.760. The van der Waals surface area contributed by atoms with E-state index in [1.54, 1.807) is 11.3 Å². The third-order valence-corrected chi connectivity index (χ3v) is 6.14. The van der Waals surface area contributed by atoms with Crippen LogP contribution in [0.5, 0.6) is 0 Å². The maximum absolute atomic E-state index is 12.5. The monoisotopic (exact) mass is 364 g/mol. The zero-order valence-corrected chi connectivity index (χ0v) is 16.1. The number of rotatable bonds is 5. The molecule has 7 heteroatoms. The van der Waals surface area contributed by atoms with Crippen molar-refractivity contribution in [3.05, 3.63) is 17.5 Å². The number of hydrogen-bond acceptors (Lipinski definition) is 5. The second kappa shape index (κ2) is 7.70. The fourth-order valence-electron chi connectivity index (χ4n) is 3.35. The normalized spacial score (nSPS) is 21.2. The van der Waals surface area contributed by atoms with Crippen LogP contribution in [-0.2, 0) is 11.3 Å². The first-order valence-corrected chi connectivity index (χ1v) is 10.3. The van der Waals surface area contributed by atoms with E-state index in [0.29, 0.717) is 17.6 Å². The number of aromatic nitrogens is 3. The molecule has 0 N–H and O–H groups in total. The Bertz CT molecular complexity index is 673. The van der Waals surface area contributed by atoms with E-state index >= 15 is 0 Å². The Morgan fingerprint density at radius 2 is 2.08 bits per heavy atom. The first kappa shape index (κ1) is 17.5. The average Bonchev–Trinajstić information content (AvgIpc) is 3.20. The fraction of sp³-hybridized carbons (Fsp3) is 0.588. The van der Waals surface area contributed by atoms with Crippen LogP contribution in [0.2, 0.25) is 0 Å². The van der Waals surface area contributed by atoms with Crippen molar-refractivity contribution in [3.8, 4) is 10.7 Å². The minimum atomic E-state index is 0.210. The highest BCUT2D eigenvalue weighted by atomic mass is 32.2. The molecule has 2 aromatic rings. The summed E-state index contributed by atoms with van der Waals surface area (Å²) in [6.07, 6.45) is 1.21. The number of carbonyl (C=O) groups excluding carboxylic acids is 1. The Morgan fingerprint density at radius 1 is 1.33 bits per heavy atom. The van der Waals surface area contributed by atoms with Crippen LogP contribution in [0.3, 0.4) is 0 Å².